The van der Waals surface area contributed by atoms with Crippen molar-refractivity contribution in [3.8, 4) is 11.4 Å². The first-order chi connectivity index (χ1) is 10.7. The van der Waals surface area contributed by atoms with Crippen molar-refractivity contribution >= 4 is 11.0 Å². The molecule has 0 radical (unpaired) electrons. The lowest BCUT2D eigenvalue weighted by Gasteiger charge is -2.09. The van der Waals surface area contributed by atoms with Gasteiger partial charge in [0.25, 0.3) is 0 Å². The first-order valence-electron chi connectivity index (χ1n) is 7.13. The number of aryl methyl sites for hydroxylation is 2. The van der Waals surface area contributed by atoms with E-state index in [-0.39, 0.29) is 0 Å². The van der Waals surface area contributed by atoms with Crippen molar-refractivity contribution < 1.29 is 0 Å². The zero-order valence-corrected chi connectivity index (χ0v) is 12.7. The van der Waals surface area contributed by atoms with Crippen molar-refractivity contribution in [3.63, 3.8) is 0 Å². The maximum atomic E-state index is 4.79. The first-order valence-corrected chi connectivity index (χ1v) is 7.13. The number of para-hydroxylation sites is 2. The van der Waals surface area contributed by atoms with Gasteiger partial charge in [-0.3, -0.25) is 4.68 Å². The van der Waals surface area contributed by atoms with Gasteiger partial charge >= 0.3 is 0 Å². The maximum absolute atomic E-state index is 4.79. The van der Waals surface area contributed by atoms with Crippen LogP contribution in [0.1, 0.15) is 11.4 Å². The van der Waals surface area contributed by atoms with Crippen molar-refractivity contribution in [2.75, 3.05) is 0 Å². The van der Waals surface area contributed by atoms with Crippen LogP contribution in [0.15, 0.2) is 43.0 Å². The monoisotopic (exact) mass is 292 g/mol. The Kier molecular flexibility index (Phi) is 2.66. The minimum atomic E-state index is 0.966. The quantitative estimate of drug-likeness (QED) is 0.570. The van der Waals surface area contributed by atoms with Gasteiger partial charge in [-0.25, -0.2) is 9.66 Å². The van der Waals surface area contributed by atoms with Crippen LogP contribution in [-0.2, 0) is 7.05 Å². The number of nitrogens with zero attached hydrogens (tertiary/aromatic N) is 6. The molecule has 110 valence electrons. The molecule has 6 nitrogen and oxygen atoms in total. The summed E-state index contributed by atoms with van der Waals surface area (Å²) in [5, 5.41) is 7.77. The van der Waals surface area contributed by atoms with Crippen LogP contribution in [-0.4, -0.2) is 29.1 Å². The fourth-order valence-electron chi connectivity index (χ4n) is 3.02. The number of hydrogen-bond donors (Lipinski definition) is 0. The van der Waals surface area contributed by atoms with E-state index in [1.807, 2.05) is 22.9 Å². The van der Waals surface area contributed by atoms with E-state index in [9.17, 15) is 0 Å². The van der Waals surface area contributed by atoms with Gasteiger partial charge in [0.15, 0.2) is 0 Å². The van der Waals surface area contributed by atoms with E-state index in [1.165, 1.54) is 0 Å². The van der Waals surface area contributed by atoms with Gasteiger partial charge in [-0.05, 0) is 32.0 Å². The van der Waals surface area contributed by atoms with Gasteiger partial charge in [0.05, 0.1) is 11.0 Å². The summed E-state index contributed by atoms with van der Waals surface area (Å²) in [6, 6.07) is 10.3. The van der Waals surface area contributed by atoms with E-state index in [0.717, 1.165) is 33.8 Å². The molecule has 0 saturated heterocycles. The molecule has 0 saturated carbocycles. The minimum absolute atomic E-state index is 0.966. The molecule has 0 fully saturated rings. The van der Waals surface area contributed by atoms with Crippen LogP contribution in [0, 0.1) is 13.8 Å². The lowest BCUT2D eigenvalue weighted by molar-refractivity contribution is 0.622. The Morgan fingerprint density at radius 2 is 1.73 bits per heavy atom. The SMILES string of the molecule is Cc1cc(-c2nc3ccccc3n2C)c(C)n1-n1cnnc1. The molecule has 6 heteroatoms. The average Bonchev–Trinajstić information content (AvgIpc) is 3.20. The Morgan fingerprint density at radius 1 is 1.00 bits per heavy atom. The molecule has 3 aromatic heterocycles. The summed E-state index contributed by atoms with van der Waals surface area (Å²) in [6.45, 7) is 4.15. The number of aromatic nitrogens is 6. The summed E-state index contributed by atoms with van der Waals surface area (Å²) in [5.74, 6) is 0.966. The van der Waals surface area contributed by atoms with E-state index in [2.05, 4.69) is 52.5 Å². The molecule has 0 bridgehead atoms. The predicted molar refractivity (Wildman–Crippen MR) is 84.4 cm³/mol. The van der Waals surface area contributed by atoms with Crippen LogP contribution in [0.25, 0.3) is 22.4 Å². The molecule has 0 aliphatic carbocycles. The van der Waals surface area contributed by atoms with E-state index in [4.69, 9.17) is 4.98 Å². The molecule has 4 aromatic rings. The number of rotatable bonds is 2. The second-order valence-corrected chi connectivity index (χ2v) is 5.42. The Balaban J connectivity index is 1.96. The highest BCUT2D eigenvalue weighted by atomic mass is 15.5. The molecule has 4 rings (SSSR count). The van der Waals surface area contributed by atoms with Crippen molar-refractivity contribution in [3.05, 3.63) is 54.4 Å². The second kappa shape index (κ2) is 4.56. The van der Waals surface area contributed by atoms with Crippen LogP contribution in [0.4, 0.5) is 0 Å². The summed E-state index contributed by atoms with van der Waals surface area (Å²) < 4.78 is 6.08. The third kappa shape index (κ3) is 1.70. The summed E-state index contributed by atoms with van der Waals surface area (Å²) in [5.41, 5.74) is 5.47. The Bertz CT molecular complexity index is 958. The van der Waals surface area contributed by atoms with Gasteiger partial charge in [0, 0.05) is 24.0 Å². The standard InChI is InChI=1S/C16H16N6/c1-11-8-13(12(2)22(11)21-9-17-18-10-21)16-19-14-6-4-5-7-15(14)20(16)3/h4-10H,1-3H3. The van der Waals surface area contributed by atoms with Crippen LogP contribution in [0.3, 0.4) is 0 Å². The molecule has 3 heterocycles. The summed E-state index contributed by atoms with van der Waals surface area (Å²) in [7, 11) is 2.05. The topological polar surface area (TPSA) is 53.5 Å². The molecule has 1 aromatic carbocycles. The van der Waals surface area contributed by atoms with E-state index in [1.54, 1.807) is 12.7 Å². The third-order valence-electron chi connectivity index (χ3n) is 4.06. The van der Waals surface area contributed by atoms with Crippen LogP contribution in [0.2, 0.25) is 0 Å². The fraction of sp³-hybridized carbons (Fsp3) is 0.188. The molecular formula is C16H16N6. The molecule has 0 aliphatic heterocycles. The van der Waals surface area contributed by atoms with Crippen molar-refractivity contribution in [2.45, 2.75) is 13.8 Å². The van der Waals surface area contributed by atoms with Gasteiger partial charge in [-0.1, -0.05) is 12.1 Å². The van der Waals surface area contributed by atoms with Crippen LogP contribution in [0.5, 0.6) is 0 Å². The van der Waals surface area contributed by atoms with Gasteiger partial charge < -0.3 is 4.57 Å². The van der Waals surface area contributed by atoms with Gasteiger partial charge in [0.1, 0.15) is 18.5 Å². The number of hydrogen-bond acceptors (Lipinski definition) is 3. The van der Waals surface area contributed by atoms with Crippen LogP contribution >= 0.6 is 0 Å². The Hall–Kier alpha value is -2.89. The zero-order valence-electron chi connectivity index (χ0n) is 12.7. The lowest BCUT2D eigenvalue weighted by Crippen LogP contribution is -2.10. The molecular weight excluding hydrogens is 276 g/mol. The molecule has 0 unspecified atom stereocenters. The van der Waals surface area contributed by atoms with Gasteiger partial charge in [-0.15, -0.1) is 10.2 Å². The number of imidazole rings is 1. The predicted octanol–water partition coefficient (Wildman–Crippen LogP) is 2.56. The summed E-state index contributed by atoms with van der Waals surface area (Å²) in [4.78, 5) is 4.79. The van der Waals surface area contributed by atoms with Crippen molar-refractivity contribution in [1.82, 2.24) is 29.1 Å². The molecule has 0 aliphatic rings. The highest BCUT2D eigenvalue weighted by molar-refractivity contribution is 5.81. The molecule has 0 atom stereocenters. The van der Waals surface area contributed by atoms with Gasteiger partial charge in [-0.2, -0.15) is 0 Å². The summed E-state index contributed by atoms with van der Waals surface area (Å²) in [6.07, 6.45) is 3.39. The third-order valence-corrected chi connectivity index (χ3v) is 4.06. The first kappa shape index (κ1) is 12.8. The largest absolute Gasteiger partial charge is 0.327 e. The maximum Gasteiger partial charge on any atom is 0.142 e. The zero-order chi connectivity index (χ0) is 15.3. The Labute approximate surface area is 127 Å². The summed E-state index contributed by atoms with van der Waals surface area (Å²) >= 11 is 0. The highest BCUT2D eigenvalue weighted by Gasteiger charge is 2.17. The highest BCUT2D eigenvalue weighted by Crippen LogP contribution is 2.28. The van der Waals surface area contributed by atoms with Crippen LogP contribution < -0.4 is 0 Å². The fourth-order valence-corrected chi connectivity index (χ4v) is 3.02. The van der Waals surface area contributed by atoms with Crippen molar-refractivity contribution in [2.24, 2.45) is 7.05 Å². The van der Waals surface area contributed by atoms with Gasteiger partial charge in [0.2, 0.25) is 0 Å². The Morgan fingerprint density at radius 3 is 2.45 bits per heavy atom. The van der Waals surface area contributed by atoms with E-state index < -0.39 is 0 Å². The van der Waals surface area contributed by atoms with Crippen molar-refractivity contribution in [1.29, 1.82) is 0 Å². The molecule has 22 heavy (non-hydrogen) atoms. The second-order valence-electron chi connectivity index (χ2n) is 5.42. The smallest absolute Gasteiger partial charge is 0.142 e. The van der Waals surface area contributed by atoms with E-state index in [0.29, 0.717) is 0 Å². The average molecular weight is 292 g/mol. The normalized spacial score (nSPS) is 11.4. The number of fused-ring (bicyclic) bond motifs is 1. The van der Waals surface area contributed by atoms with E-state index >= 15 is 0 Å². The lowest BCUT2D eigenvalue weighted by atomic mass is 10.2. The number of benzene rings is 1. The molecule has 0 N–H and O–H groups in total. The minimum Gasteiger partial charge on any atom is -0.327 e. The molecule has 0 amide bonds. The molecule has 0 spiro atoms.